The van der Waals surface area contributed by atoms with Gasteiger partial charge in [-0.1, -0.05) is 67.6 Å². The third kappa shape index (κ3) is 3.25. The lowest BCUT2D eigenvalue weighted by Crippen LogP contribution is -1.96. The average molecular weight is 327 g/mol. The maximum Gasteiger partial charge on any atom is 0.0741 e. The Morgan fingerprint density at radius 2 is 1.73 bits per heavy atom. The van der Waals surface area contributed by atoms with E-state index >= 15 is 0 Å². The average Bonchev–Trinajstić information content (AvgIpc) is 2.31. The van der Waals surface area contributed by atoms with E-state index in [0.29, 0.717) is 3.67 Å². The molecule has 0 aliphatic rings. The minimum absolute atomic E-state index is 0.478. The Labute approximate surface area is 105 Å². The van der Waals surface area contributed by atoms with Gasteiger partial charge < -0.3 is 0 Å². The normalized spacial score (nSPS) is 13.1. The van der Waals surface area contributed by atoms with Crippen LogP contribution < -0.4 is 5.30 Å². The number of halogens is 1. The van der Waals surface area contributed by atoms with Gasteiger partial charge in [0.25, 0.3) is 0 Å². The van der Waals surface area contributed by atoms with Gasteiger partial charge >= 0.3 is 0 Å². The number of hydrogen-bond donors (Lipinski definition) is 0. The number of hydrogen-bond acceptors (Lipinski definition) is 1. The molecule has 0 fully saturated rings. The number of alkyl halides is 1. The van der Waals surface area contributed by atoms with Gasteiger partial charge in [-0.05, 0) is 17.4 Å². The van der Waals surface area contributed by atoms with Crippen LogP contribution >= 0.6 is 31.2 Å². The van der Waals surface area contributed by atoms with Gasteiger partial charge in [0.05, 0.1) is 9.36 Å². The van der Waals surface area contributed by atoms with Crippen molar-refractivity contribution in [2.45, 2.75) is 3.67 Å². The van der Waals surface area contributed by atoms with E-state index in [1.54, 1.807) is 0 Å². The summed E-state index contributed by atoms with van der Waals surface area (Å²) in [7, 11) is 0.780. The van der Waals surface area contributed by atoms with Crippen LogP contribution in [0, 0.1) is 0 Å². The Balaban J connectivity index is 2.08. The summed E-state index contributed by atoms with van der Waals surface area (Å²) in [6.07, 6.45) is 1.86. The Morgan fingerprint density at radius 1 is 1.00 bits per heavy atom. The Morgan fingerprint density at radius 3 is 2.40 bits per heavy atom. The van der Waals surface area contributed by atoms with E-state index in [1.807, 2.05) is 18.3 Å². The lowest BCUT2D eigenvalue weighted by atomic mass is 10.4. The Bertz CT molecular complexity index is 404. The molecule has 1 nitrogen and oxygen atoms in total. The predicted molar refractivity (Wildman–Crippen MR) is 75.4 cm³/mol. The van der Waals surface area contributed by atoms with Gasteiger partial charge in [-0.3, -0.25) is 4.98 Å². The second kappa shape index (κ2) is 5.57. The summed E-state index contributed by atoms with van der Waals surface area (Å²) in [4.78, 5) is 4.37. The first-order valence-corrected chi connectivity index (χ1v) is 7.05. The predicted octanol–water partition coefficient (Wildman–Crippen LogP) is 3.52. The molecule has 0 saturated carbocycles. The zero-order chi connectivity index (χ0) is 10.5. The summed E-state index contributed by atoms with van der Waals surface area (Å²) in [5, 5.41) is 1.39. The van der Waals surface area contributed by atoms with Gasteiger partial charge in [-0.2, -0.15) is 0 Å². The highest BCUT2D eigenvalue weighted by molar-refractivity contribution is 14.1. The maximum atomic E-state index is 4.37. The van der Waals surface area contributed by atoms with Crippen molar-refractivity contribution in [3.8, 4) is 0 Å². The molecule has 0 bridgehead atoms. The molecule has 0 spiro atoms. The molecule has 2 aromatic rings. The van der Waals surface area contributed by atoms with Crippen molar-refractivity contribution in [1.29, 1.82) is 0 Å². The van der Waals surface area contributed by atoms with E-state index in [2.05, 4.69) is 64.0 Å². The number of nitrogens with zero attached hydrogens (tertiary/aromatic N) is 1. The molecule has 2 rings (SSSR count). The first-order valence-electron chi connectivity index (χ1n) is 4.73. The van der Waals surface area contributed by atoms with Crippen LogP contribution in [0.1, 0.15) is 9.36 Å². The minimum Gasteiger partial charge on any atom is -0.260 e. The van der Waals surface area contributed by atoms with E-state index in [0.717, 1.165) is 8.58 Å². The molecule has 0 saturated heterocycles. The molecule has 0 amide bonds. The van der Waals surface area contributed by atoms with Crippen molar-refractivity contribution >= 4 is 36.5 Å². The number of pyridine rings is 1. The molecule has 1 heterocycles. The smallest absolute Gasteiger partial charge is 0.0741 e. The SMILES string of the molecule is IC(Pc1ccccc1)c1ccccn1. The summed E-state index contributed by atoms with van der Waals surface area (Å²) in [5.41, 5.74) is 1.17. The quantitative estimate of drug-likeness (QED) is 0.478. The van der Waals surface area contributed by atoms with E-state index in [-0.39, 0.29) is 0 Å². The van der Waals surface area contributed by atoms with Crippen LogP contribution in [-0.2, 0) is 0 Å². The highest BCUT2D eigenvalue weighted by Gasteiger charge is 2.08. The van der Waals surface area contributed by atoms with Crippen LogP contribution in [-0.4, -0.2) is 4.98 Å². The van der Waals surface area contributed by atoms with Gasteiger partial charge in [0.2, 0.25) is 0 Å². The van der Waals surface area contributed by atoms with E-state index in [1.165, 1.54) is 11.0 Å². The molecule has 1 aromatic carbocycles. The molecule has 76 valence electrons. The fourth-order valence-electron chi connectivity index (χ4n) is 1.28. The molecule has 0 aliphatic carbocycles. The largest absolute Gasteiger partial charge is 0.260 e. The van der Waals surface area contributed by atoms with Gasteiger partial charge in [0.15, 0.2) is 0 Å². The molecule has 2 unspecified atom stereocenters. The van der Waals surface area contributed by atoms with Crippen molar-refractivity contribution < 1.29 is 0 Å². The first kappa shape index (κ1) is 11.0. The monoisotopic (exact) mass is 327 g/mol. The zero-order valence-electron chi connectivity index (χ0n) is 8.10. The Hall–Kier alpha value is -0.470. The maximum absolute atomic E-state index is 4.37. The molecule has 1 aromatic heterocycles. The second-order valence-electron chi connectivity index (χ2n) is 3.13. The van der Waals surface area contributed by atoms with Gasteiger partial charge in [-0.15, -0.1) is 0 Å². The van der Waals surface area contributed by atoms with Gasteiger partial charge in [0.1, 0.15) is 0 Å². The van der Waals surface area contributed by atoms with Crippen molar-refractivity contribution in [2.75, 3.05) is 0 Å². The number of rotatable bonds is 3. The molecule has 3 heteroatoms. The third-order valence-corrected chi connectivity index (χ3v) is 4.80. The lowest BCUT2D eigenvalue weighted by molar-refractivity contribution is 1.18. The molecular formula is C12H11INP. The van der Waals surface area contributed by atoms with Crippen LogP contribution in [0.5, 0.6) is 0 Å². The molecule has 0 radical (unpaired) electrons. The van der Waals surface area contributed by atoms with Crippen molar-refractivity contribution in [3.63, 3.8) is 0 Å². The highest BCUT2D eigenvalue weighted by Crippen LogP contribution is 2.38. The summed E-state index contributed by atoms with van der Waals surface area (Å²) < 4.78 is 0.478. The van der Waals surface area contributed by atoms with Gasteiger partial charge in [0, 0.05) is 6.20 Å². The van der Waals surface area contributed by atoms with E-state index < -0.39 is 0 Å². The molecule has 15 heavy (non-hydrogen) atoms. The van der Waals surface area contributed by atoms with Crippen LogP contribution in [0.3, 0.4) is 0 Å². The number of aromatic nitrogens is 1. The van der Waals surface area contributed by atoms with Crippen LogP contribution in [0.2, 0.25) is 0 Å². The fraction of sp³-hybridized carbons (Fsp3) is 0.0833. The molecular weight excluding hydrogens is 316 g/mol. The fourth-order valence-corrected chi connectivity index (χ4v) is 3.72. The standard InChI is InChI=1S/C12H11INP/c13-12(11-8-4-5-9-14-11)15-10-6-2-1-3-7-10/h1-9,12,15H. The summed E-state index contributed by atoms with van der Waals surface area (Å²) in [6, 6.07) is 16.7. The minimum atomic E-state index is 0.478. The van der Waals surface area contributed by atoms with Gasteiger partial charge in [-0.25, -0.2) is 0 Å². The van der Waals surface area contributed by atoms with Crippen LogP contribution in [0.4, 0.5) is 0 Å². The summed E-state index contributed by atoms with van der Waals surface area (Å²) >= 11 is 2.46. The summed E-state index contributed by atoms with van der Waals surface area (Å²) in [6.45, 7) is 0. The Kier molecular flexibility index (Phi) is 4.09. The molecule has 0 aliphatic heterocycles. The molecule has 2 atom stereocenters. The third-order valence-electron chi connectivity index (χ3n) is 2.01. The van der Waals surface area contributed by atoms with Crippen LogP contribution in [0.15, 0.2) is 54.7 Å². The van der Waals surface area contributed by atoms with Crippen molar-refractivity contribution in [2.24, 2.45) is 0 Å². The topological polar surface area (TPSA) is 12.9 Å². The van der Waals surface area contributed by atoms with E-state index in [9.17, 15) is 0 Å². The van der Waals surface area contributed by atoms with E-state index in [4.69, 9.17) is 0 Å². The lowest BCUT2D eigenvalue weighted by Gasteiger charge is -2.08. The van der Waals surface area contributed by atoms with Crippen LogP contribution in [0.25, 0.3) is 0 Å². The summed E-state index contributed by atoms with van der Waals surface area (Å²) in [5.74, 6) is 0. The van der Waals surface area contributed by atoms with Crippen molar-refractivity contribution in [1.82, 2.24) is 4.98 Å². The van der Waals surface area contributed by atoms with Crippen molar-refractivity contribution in [3.05, 3.63) is 60.4 Å². The number of benzene rings is 1. The zero-order valence-corrected chi connectivity index (χ0v) is 11.3. The highest BCUT2D eigenvalue weighted by atomic mass is 127. The second-order valence-corrected chi connectivity index (χ2v) is 6.99. The first-order chi connectivity index (χ1) is 7.36. The molecule has 0 N–H and O–H groups in total.